The first-order valence-electron chi connectivity index (χ1n) is 4.55. The van der Waals surface area contributed by atoms with Crippen molar-refractivity contribution < 1.29 is 0 Å². The maximum Gasteiger partial charge on any atom is 0.251 e. The molecule has 0 aliphatic heterocycles. The number of rotatable bonds is 2. The summed E-state index contributed by atoms with van der Waals surface area (Å²) in [5.74, 6) is 0.816. The number of aromatic nitrogens is 1. The predicted octanol–water partition coefficient (Wildman–Crippen LogP) is 2.40. The van der Waals surface area contributed by atoms with Gasteiger partial charge in [0, 0.05) is 16.2 Å². The molecule has 1 N–H and O–H groups in total. The maximum atomic E-state index is 11.3. The molecule has 1 aliphatic carbocycles. The van der Waals surface area contributed by atoms with Crippen molar-refractivity contribution in [3.05, 3.63) is 32.2 Å². The molecular weight excluding hydrogens is 230 g/mol. The molecule has 2 rings (SSSR count). The summed E-state index contributed by atoms with van der Waals surface area (Å²) >= 11 is 3.47. The van der Waals surface area contributed by atoms with E-state index in [2.05, 4.69) is 20.9 Å². The fraction of sp³-hybridized carbons (Fsp3) is 0.500. The van der Waals surface area contributed by atoms with Crippen molar-refractivity contribution in [1.82, 2.24) is 4.98 Å². The van der Waals surface area contributed by atoms with Crippen LogP contribution in [0, 0.1) is 12.8 Å². The van der Waals surface area contributed by atoms with E-state index in [-0.39, 0.29) is 5.56 Å². The van der Waals surface area contributed by atoms with Crippen LogP contribution < -0.4 is 5.56 Å². The summed E-state index contributed by atoms with van der Waals surface area (Å²) in [4.78, 5) is 14.0. The van der Waals surface area contributed by atoms with Gasteiger partial charge in [0.2, 0.25) is 0 Å². The first-order valence-corrected chi connectivity index (χ1v) is 5.34. The Labute approximate surface area is 85.5 Å². The minimum absolute atomic E-state index is 0.0406. The van der Waals surface area contributed by atoms with Gasteiger partial charge in [0.25, 0.3) is 5.56 Å². The van der Waals surface area contributed by atoms with Crippen LogP contribution in [-0.2, 0) is 6.42 Å². The van der Waals surface area contributed by atoms with Crippen molar-refractivity contribution in [2.75, 3.05) is 0 Å². The van der Waals surface area contributed by atoms with Gasteiger partial charge < -0.3 is 4.98 Å². The van der Waals surface area contributed by atoms with Gasteiger partial charge in [-0.1, -0.05) is 0 Å². The lowest BCUT2D eigenvalue weighted by Crippen LogP contribution is -2.12. The van der Waals surface area contributed by atoms with Gasteiger partial charge in [-0.25, -0.2) is 0 Å². The summed E-state index contributed by atoms with van der Waals surface area (Å²) in [5, 5.41) is 0. The first-order chi connectivity index (χ1) is 6.18. The Morgan fingerprint density at radius 3 is 2.92 bits per heavy atom. The van der Waals surface area contributed by atoms with E-state index in [1.807, 2.05) is 6.92 Å². The third-order valence-corrected chi connectivity index (χ3v) is 3.31. The van der Waals surface area contributed by atoms with E-state index in [0.717, 1.165) is 22.4 Å². The Kier molecular flexibility index (Phi) is 2.28. The minimum Gasteiger partial charge on any atom is -0.328 e. The van der Waals surface area contributed by atoms with E-state index in [9.17, 15) is 4.79 Å². The van der Waals surface area contributed by atoms with Gasteiger partial charge >= 0.3 is 0 Å². The molecule has 1 aromatic rings. The number of nitrogens with one attached hydrogen (secondary N) is 1. The second-order valence-corrected chi connectivity index (χ2v) is 4.57. The molecule has 0 unspecified atom stereocenters. The second-order valence-electron chi connectivity index (χ2n) is 3.72. The highest BCUT2D eigenvalue weighted by Gasteiger charge is 2.23. The fourth-order valence-electron chi connectivity index (χ4n) is 1.50. The van der Waals surface area contributed by atoms with Gasteiger partial charge in [-0.2, -0.15) is 0 Å². The first kappa shape index (κ1) is 9.00. The average molecular weight is 242 g/mol. The smallest absolute Gasteiger partial charge is 0.251 e. The van der Waals surface area contributed by atoms with Crippen LogP contribution in [0.4, 0.5) is 0 Å². The van der Waals surface area contributed by atoms with Crippen LogP contribution in [0.15, 0.2) is 15.5 Å². The molecule has 0 atom stereocenters. The highest BCUT2D eigenvalue weighted by Crippen LogP contribution is 2.34. The lowest BCUT2D eigenvalue weighted by molar-refractivity contribution is 0.816. The number of hydrogen-bond acceptors (Lipinski definition) is 1. The van der Waals surface area contributed by atoms with Gasteiger partial charge in [-0.05, 0) is 53.6 Å². The van der Waals surface area contributed by atoms with E-state index < -0.39 is 0 Å². The number of halogens is 1. The van der Waals surface area contributed by atoms with Crippen LogP contribution in [-0.4, -0.2) is 4.98 Å². The molecule has 1 fully saturated rings. The van der Waals surface area contributed by atoms with Crippen molar-refractivity contribution >= 4 is 15.9 Å². The summed E-state index contributed by atoms with van der Waals surface area (Å²) in [6.07, 6.45) is 5.43. The number of pyridine rings is 1. The van der Waals surface area contributed by atoms with E-state index in [4.69, 9.17) is 0 Å². The van der Waals surface area contributed by atoms with Crippen molar-refractivity contribution in [2.45, 2.75) is 26.2 Å². The molecule has 0 saturated heterocycles. The van der Waals surface area contributed by atoms with Crippen molar-refractivity contribution in [1.29, 1.82) is 0 Å². The van der Waals surface area contributed by atoms with Crippen molar-refractivity contribution in [2.24, 2.45) is 5.92 Å². The van der Waals surface area contributed by atoms with Crippen LogP contribution in [0.3, 0.4) is 0 Å². The van der Waals surface area contributed by atoms with Gasteiger partial charge in [0.15, 0.2) is 0 Å². The normalized spacial score (nSPS) is 16.2. The molecule has 1 aromatic heterocycles. The highest BCUT2D eigenvalue weighted by atomic mass is 79.9. The van der Waals surface area contributed by atoms with Crippen LogP contribution in [0.5, 0.6) is 0 Å². The topological polar surface area (TPSA) is 32.9 Å². The molecule has 1 saturated carbocycles. The molecule has 2 nitrogen and oxygen atoms in total. The van der Waals surface area contributed by atoms with Gasteiger partial charge in [0.1, 0.15) is 0 Å². The van der Waals surface area contributed by atoms with Gasteiger partial charge in [-0.3, -0.25) is 4.79 Å². The summed E-state index contributed by atoms with van der Waals surface area (Å²) in [7, 11) is 0. The number of aromatic amines is 1. The molecule has 0 amide bonds. The summed E-state index contributed by atoms with van der Waals surface area (Å²) < 4.78 is 1.04. The zero-order valence-electron chi connectivity index (χ0n) is 7.56. The van der Waals surface area contributed by atoms with Crippen molar-refractivity contribution in [3.63, 3.8) is 0 Å². The molecule has 13 heavy (non-hydrogen) atoms. The molecule has 3 heteroatoms. The third-order valence-electron chi connectivity index (χ3n) is 2.60. The summed E-state index contributed by atoms with van der Waals surface area (Å²) in [6, 6.07) is 0. The molecule has 1 heterocycles. The molecule has 1 aliphatic rings. The summed E-state index contributed by atoms with van der Waals surface area (Å²) in [5.41, 5.74) is 2.09. The Morgan fingerprint density at radius 1 is 1.62 bits per heavy atom. The highest BCUT2D eigenvalue weighted by molar-refractivity contribution is 9.10. The van der Waals surface area contributed by atoms with E-state index >= 15 is 0 Å². The largest absolute Gasteiger partial charge is 0.328 e. The number of H-pyrrole nitrogens is 1. The van der Waals surface area contributed by atoms with Crippen LogP contribution in [0.1, 0.15) is 24.0 Å². The van der Waals surface area contributed by atoms with E-state index in [1.54, 1.807) is 6.20 Å². The Balaban J connectivity index is 2.39. The summed E-state index contributed by atoms with van der Waals surface area (Å²) in [6.45, 7) is 1.89. The van der Waals surface area contributed by atoms with Crippen molar-refractivity contribution in [3.8, 4) is 0 Å². The molecular formula is C10H12BrNO. The molecule has 0 aromatic carbocycles. The quantitative estimate of drug-likeness (QED) is 0.848. The number of hydrogen-bond donors (Lipinski definition) is 1. The van der Waals surface area contributed by atoms with Crippen LogP contribution >= 0.6 is 15.9 Å². The molecule has 0 spiro atoms. The maximum absolute atomic E-state index is 11.3. The van der Waals surface area contributed by atoms with Crippen LogP contribution in [0.25, 0.3) is 0 Å². The predicted molar refractivity (Wildman–Crippen MR) is 55.9 cm³/mol. The minimum atomic E-state index is 0.0406. The Hall–Kier alpha value is -0.570. The lowest BCUT2D eigenvalue weighted by atomic mass is 10.1. The zero-order valence-corrected chi connectivity index (χ0v) is 9.15. The fourth-order valence-corrected chi connectivity index (χ4v) is 2.08. The van der Waals surface area contributed by atoms with Gasteiger partial charge in [0.05, 0.1) is 0 Å². The molecule has 0 radical (unpaired) electrons. The SMILES string of the molecule is Cc1c(CC2CC2)c(Br)c[nH]c1=O. The third kappa shape index (κ3) is 1.85. The molecule has 70 valence electrons. The molecule has 0 bridgehead atoms. The van der Waals surface area contributed by atoms with E-state index in [0.29, 0.717) is 0 Å². The standard InChI is InChI=1S/C10H12BrNO/c1-6-8(4-7-2-3-7)9(11)5-12-10(6)13/h5,7H,2-4H2,1H3,(H,12,13). The monoisotopic (exact) mass is 241 g/mol. The second kappa shape index (κ2) is 3.29. The Morgan fingerprint density at radius 2 is 2.31 bits per heavy atom. The van der Waals surface area contributed by atoms with Crippen LogP contribution in [0.2, 0.25) is 0 Å². The van der Waals surface area contributed by atoms with E-state index in [1.165, 1.54) is 18.4 Å². The lowest BCUT2D eigenvalue weighted by Gasteiger charge is -2.05. The Bertz CT molecular complexity index is 379. The van der Waals surface area contributed by atoms with Gasteiger partial charge in [-0.15, -0.1) is 0 Å². The average Bonchev–Trinajstić information content (AvgIpc) is 2.89. The zero-order chi connectivity index (χ0) is 9.42.